The number of halogens is 1. The number of hydrogen-bond acceptors (Lipinski definition) is 3. The largest absolute Gasteiger partial charge is 0.480 e. The van der Waals surface area contributed by atoms with Crippen molar-refractivity contribution in [3.63, 3.8) is 0 Å². The smallest absolute Gasteiger partial charge is 0.329 e. The van der Waals surface area contributed by atoms with Crippen molar-refractivity contribution in [3.8, 4) is 0 Å². The van der Waals surface area contributed by atoms with Gasteiger partial charge in [-0.1, -0.05) is 41.9 Å². The summed E-state index contributed by atoms with van der Waals surface area (Å²) in [5.41, 5.74) is 0.669. The van der Waals surface area contributed by atoms with Crippen LogP contribution in [0.3, 0.4) is 0 Å². The Morgan fingerprint density at radius 2 is 1.59 bits per heavy atom. The lowest BCUT2D eigenvalue weighted by atomic mass is 10.0. The second-order valence-electron chi connectivity index (χ2n) is 4.65. The number of carbonyl (C=O) groups excluding carboxylic acids is 1. The van der Waals surface area contributed by atoms with E-state index in [-0.39, 0.29) is 5.56 Å². The summed E-state index contributed by atoms with van der Waals surface area (Å²) in [7, 11) is 0. The minimum absolute atomic E-state index is 0.260. The highest BCUT2D eigenvalue weighted by Gasteiger charge is 2.29. The molecule has 0 aliphatic heterocycles. The number of aliphatic carboxylic acids is 1. The van der Waals surface area contributed by atoms with Crippen molar-refractivity contribution < 1.29 is 19.8 Å². The van der Waals surface area contributed by atoms with Crippen LogP contribution in [0.15, 0.2) is 54.6 Å². The molecule has 2 rings (SSSR count). The summed E-state index contributed by atoms with van der Waals surface area (Å²) in [6.45, 7) is 0. The van der Waals surface area contributed by atoms with Gasteiger partial charge in [-0.3, -0.25) is 4.79 Å². The monoisotopic (exact) mass is 319 g/mol. The van der Waals surface area contributed by atoms with Crippen LogP contribution < -0.4 is 5.32 Å². The molecule has 22 heavy (non-hydrogen) atoms. The van der Waals surface area contributed by atoms with Crippen molar-refractivity contribution >= 4 is 23.5 Å². The highest BCUT2D eigenvalue weighted by atomic mass is 35.5. The fourth-order valence-electron chi connectivity index (χ4n) is 1.94. The van der Waals surface area contributed by atoms with E-state index >= 15 is 0 Å². The van der Waals surface area contributed by atoms with Gasteiger partial charge in [0.15, 0.2) is 6.04 Å². The number of rotatable bonds is 5. The maximum absolute atomic E-state index is 12.1. The molecule has 0 radical (unpaired) electrons. The van der Waals surface area contributed by atoms with E-state index in [1.165, 1.54) is 24.3 Å². The van der Waals surface area contributed by atoms with Crippen molar-refractivity contribution in [2.45, 2.75) is 12.1 Å². The van der Waals surface area contributed by atoms with Crippen molar-refractivity contribution in [1.82, 2.24) is 5.32 Å². The Hall–Kier alpha value is -2.37. The molecule has 0 aliphatic rings. The molecule has 0 bridgehead atoms. The van der Waals surface area contributed by atoms with Gasteiger partial charge < -0.3 is 15.5 Å². The predicted molar refractivity (Wildman–Crippen MR) is 81.7 cm³/mol. The van der Waals surface area contributed by atoms with Crippen LogP contribution in [0.5, 0.6) is 0 Å². The molecule has 6 heteroatoms. The van der Waals surface area contributed by atoms with Gasteiger partial charge in [-0.05, 0) is 29.8 Å². The van der Waals surface area contributed by atoms with E-state index in [9.17, 15) is 19.8 Å². The molecule has 5 nitrogen and oxygen atoms in total. The minimum atomic E-state index is -1.45. The molecule has 0 spiro atoms. The number of hydrogen-bond donors (Lipinski definition) is 3. The van der Waals surface area contributed by atoms with Gasteiger partial charge in [0.05, 0.1) is 0 Å². The van der Waals surface area contributed by atoms with Gasteiger partial charge in [0.1, 0.15) is 6.10 Å². The Morgan fingerprint density at radius 1 is 1.00 bits per heavy atom. The third-order valence-corrected chi connectivity index (χ3v) is 3.37. The highest BCUT2D eigenvalue weighted by Crippen LogP contribution is 2.17. The van der Waals surface area contributed by atoms with Gasteiger partial charge >= 0.3 is 5.97 Å². The first-order chi connectivity index (χ1) is 10.5. The second-order valence-corrected chi connectivity index (χ2v) is 5.09. The van der Waals surface area contributed by atoms with E-state index in [1.807, 2.05) is 0 Å². The Kier molecular flexibility index (Phi) is 5.14. The Balaban J connectivity index is 2.17. The Bertz CT molecular complexity index is 658. The minimum Gasteiger partial charge on any atom is -0.480 e. The molecule has 0 heterocycles. The quantitative estimate of drug-likeness (QED) is 0.789. The van der Waals surface area contributed by atoms with Gasteiger partial charge in [-0.15, -0.1) is 0 Å². The van der Waals surface area contributed by atoms with Crippen LogP contribution in [0.2, 0.25) is 5.02 Å². The normalized spacial score (nSPS) is 13.2. The molecular weight excluding hydrogens is 306 g/mol. The van der Waals surface area contributed by atoms with E-state index in [4.69, 9.17) is 11.6 Å². The summed E-state index contributed by atoms with van der Waals surface area (Å²) in [5.74, 6) is -1.92. The van der Waals surface area contributed by atoms with Gasteiger partial charge in [0.2, 0.25) is 0 Å². The number of aliphatic hydroxyl groups is 1. The average molecular weight is 320 g/mol. The van der Waals surface area contributed by atoms with Crippen LogP contribution in [0.1, 0.15) is 22.0 Å². The second kappa shape index (κ2) is 7.06. The maximum Gasteiger partial charge on any atom is 0.329 e. The van der Waals surface area contributed by atoms with Crippen molar-refractivity contribution in [2.75, 3.05) is 0 Å². The van der Waals surface area contributed by atoms with Gasteiger partial charge in [0, 0.05) is 10.6 Å². The highest BCUT2D eigenvalue weighted by molar-refractivity contribution is 6.30. The zero-order valence-corrected chi connectivity index (χ0v) is 12.2. The molecule has 2 atom stereocenters. The SMILES string of the molecule is O=C(NC(C(=O)O)C(O)c1ccccc1)c1ccc(Cl)cc1. The molecule has 3 N–H and O–H groups in total. The number of carboxylic acid groups (broad SMARTS) is 1. The number of nitrogens with one attached hydrogen (secondary N) is 1. The molecule has 0 fully saturated rings. The third kappa shape index (κ3) is 3.84. The number of amides is 1. The van der Waals surface area contributed by atoms with Gasteiger partial charge in [0.25, 0.3) is 5.91 Å². The summed E-state index contributed by atoms with van der Waals surface area (Å²) in [4.78, 5) is 23.4. The van der Waals surface area contributed by atoms with E-state index in [0.717, 1.165) is 0 Å². The predicted octanol–water partition coefficient (Wildman–Crippen LogP) is 2.26. The number of benzene rings is 2. The van der Waals surface area contributed by atoms with Crippen LogP contribution in [0, 0.1) is 0 Å². The zero-order chi connectivity index (χ0) is 16.1. The molecule has 2 aromatic rings. The molecule has 0 aliphatic carbocycles. The summed E-state index contributed by atoms with van der Waals surface area (Å²) in [6, 6.07) is 12.8. The number of aliphatic hydroxyl groups excluding tert-OH is 1. The molecular formula is C16H14ClNO4. The van der Waals surface area contributed by atoms with Crippen LogP contribution in [0.25, 0.3) is 0 Å². The maximum atomic E-state index is 12.1. The number of carbonyl (C=O) groups is 2. The molecule has 114 valence electrons. The molecule has 0 saturated heterocycles. The Labute approximate surface area is 132 Å². The summed E-state index contributed by atoms with van der Waals surface area (Å²) >= 11 is 5.74. The lowest BCUT2D eigenvalue weighted by Gasteiger charge is -2.20. The molecule has 0 saturated carbocycles. The Morgan fingerprint density at radius 3 is 2.14 bits per heavy atom. The molecule has 0 aromatic heterocycles. The standard InChI is InChI=1S/C16H14ClNO4/c17-12-8-6-11(7-9-12)15(20)18-13(16(21)22)14(19)10-4-2-1-3-5-10/h1-9,13-14,19H,(H,18,20)(H,21,22). The van der Waals surface area contributed by atoms with Gasteiger partial charge in [-0.25, -0.2) is 4.79 Å². The van der Waals surface area contributed by atoms with E-state index in [2.05, 4.69) is 5.32 Å². The summed E-state index contributed by atoms with van der Waals surface area (Å²) < 4.78 is 0. The lowest BCUT2D eigenvalue weighted by Crippen LogP contribution is -2.45. The molecule has 1 amide bonds. The van der Waals surface area contributed by atoms with Crippen LogP contribution >= 0.6 is 11.6 Å². The molecule has 2 unspecified atom stereocenters. The van der Waals surface area contributed by atoms with Crippen LogP contribution in [-0.2, 0) is 4.79 Å². The zero-order valence-electron chi connectivity index (χ0n) is 11.4. The van der Waals surface area contributed by atoms with Crippen molar-refractivity contribution in [3.05, 3.63) is 70.7 Å². The van der Waals surface area contributed by atoms with Crippen molar-refractivity contribution in [1.29, 1.82) is 0 Å². The summed E-state index contributed by atoms with van der Waals surface area (Å²) in [6.07, 6.45) is -1.35. The first kappa shape index (κ1) is 16.0. The third-order valence-electron chi connectivity index (χ3n) is 3.12. The first-order valence-corrected chi connectivity index (χ1v) is 6.89. The molecule has 2 aromatic carbocycles. The lowest BCUT2D eigenvalue weighted by molar-refractivity contribution is -0.142. The average Bonchev–Trinajstić information content (AvgIpc) is 2.53. The van der Waals surface area contributed by atoms with Crippen LogP contribution in [0.4, 0.5) is 0 Å². The number of carboxylic acids is 1. The van der Waals surface area contributed by atoms with E-state index in [0.29, 0.717) is 10.6 Å². The summed E-state index contributed by atoms with van der Waals surface area (Å²) in [5, 5.41) is 22.2. The van der Waals surface area contributed by atoms with E-state index in [1.54, 1.807) is 30.3 Å². The van der Waals surface area contributed by atoms with Crippen molar-refractivity contribution in [2.24, 2.45) is 0 Å². The topological polar surface area (TPSA) is 86.6 Å². The first-order valence-electron chi connectivity index (χ1n) is 6.51. The fourth-order valence-corrected chi connectivity index (χ4v) is 2.07. The van der Waals surface area contributed by atoms with E-state index < -0.39 is 24.0 Å². The fraction of sp³-hybridized carbons (Fsp3) is 0.125. The van der Waals surface area contributed by atoms with Crippen LogP contribution in [-0.4, -0.2) is 28.1 Å². The van der Waals surface area contributed by atoms with Gasteiger partial charge in [-0.2, -0.15) is 0 Å².